The molecule has 4 saturated carbocycles. The van der Waals surface area contributed by atoms with Gasteiger partial charge >= 0.3 is 5.97 Å². The van der Waals surface area contributed by atoms with E-state index in [-0.39, 0.29) is 40.1 Å². The minimum Gasteiger partial charge on any atom is -0.481 e. The number of hydrogen-bond acceptors (Lipinski definition) is 11. The SMILES string of the molecule is CC1OC(OC2C(OC3CC[C@@]4(C)C(CC[C@]5(C)C4CC=C4C6CC(C)(C)CC[C@]6(C(=O)O)CC[C@]45C)[C@]3(C)CO)OC(C)C(O)C2O)C(O)C(O)C1O. The smallest absolute Gasteiger partial charge is 0.310 e. The molecule has 2 heterocycles. The van der Waals surface area contributed by atoms with Gasteiger partial charge in [0.05, 0.1) is 30.3 Å². The van der Waals surface area contributed by atoms with Crippen molar-refractivity contribution in [3.05, 3.63) is 11.6 Å². The Morgan fingerprint density at radius 2 is 1.39 bits per heavy atom. The summed E-state index contributed by atoms with van der Waals surface area (Å²) in [4.78, 5) is 13.1. The van der Waals surface area contributed by atoms with Gasteiger partial charge in [-0.25, -0.2) is 0 Å². The topological polar surface area (TPSA) is 196 Å². The number of aliphatic hydroxyl groups excluding tert-OH is 6. The van der Waals surface area contributed by atoms with E-state index in [4.69, 9.17) is 18.9 Å². The van der Waals surface area contributed by atoms with E-state index in [9.17, 15) is 40.5 Å². The van der Waals surface area contributed by atoms with Crippen molar-refractivity contribution in [2.45, 2.75) is 187 Å². The highest BCUT2D eigenvalue weighted by molar-refractivity contribution is 5.76. The highest BCUT2D eigenvalue weighted by Crippen LogP contribution is 2.76. The molecule has 308 valence electrons. The van der Waals surface area contributed by atoms with Crippen LogP contribution in [0.1, 0.15) is 120 Å². The van der Waals surface area contributed by atoms with Gasteiger partial charge in [0.1, 0.15) is 36.6 Å². The first-order chi connectivity index (χ1) is 25.1. The Hall–Kier alpha value is -1.19. The van der Waals surface area contributed by atoms with Gasteiger partial charge in [0, 0.05) is 5.41 Å². The van der Waals surface area contributed by atoms with Crippen LogP contribution in [-0.4, -0.2) is 116 Å². The molecule has 12 nitrogen and oxygen atoms in total. The van der Waals surface area contributed by atoms with Crippen LogP contribution in [0.25, 0.3) is 0 Å². The number of aliphatic carboxylic acids is 1. The summed E-state index contributed by atoms with van der Waals surface area (Å²) >= 11 is 0. The van der Waals surface area contributed by atoms with Crippen LogP contribution in [0.15, 0.2) is 11.6 Å². The highest BCUT2D eigenvalue weighted by atomic mass is 16.8. The van der Waals surface area contributed by atoms with E-state index in [0.29, 0.717) is 18.8 Å². The number of carboxylic acid groups (broad SMARTS) is 1. The Morgan fingerprint density at radius 1 is 0.759 bits per heavy atom. The molecule has 0 aromatic rings. The van der Waals surface area contributed by atoms with Crippen molar-refractivity contribution in [1.29, 1.82) is 0 Å². The molecule has 7 aliphatic rings. The van der Waals surface area contributed by atoms with Crippen LogP contribution in [0, 0.1) is 50.2 Å². The fraction of sp³-hybridized carbons (Fsp3) is 0.929. The van der Waals surface area contributed by atoms with Gasteiger partial charge in [0.15, 0.2) is 12.6 Å². The van der Waals surface area contributed by atoms with E-state index in [1.807, 2.05) is 0 Å². The molecule has 0 aromatic carbocycles. The second-order valence-corrected chi connectivity index (χ2v) is 20.5. The number of rotatable bonds is 6. The molecule has 14 unspecified atom stereocenters. The van der Waals surface area contributed by atoms with Crippen LogP contribution in [0.4, 0.5) is 0 Å². The van der Waals surface area contributed by atoms with E-state index in [0.717, 1.165) is 51.4 Å². The first kappa shape index (κ1) is 41.0. The zero-order valence-corrected chi connectivity index (χ0v) is 33.6. The molecule has 7 N–H and O–H groups in total. The number of fused-ring (bicyclic) bond motifs is 7. The second-order valence-electron chi connectivity index (χ2n) is 20.5. The van der Waals surface area contributed by atoms with E-state index >= 15 is 0 Å². The fourth-order valence-electron chi connectivity index (χ4n) is 13.6. The third kappa shape index (κ3) is 5.85. The molecular formula is C42H68O12. The maximum absolute atomic E-state index is 13.1. The van der Waals surface area contributed by atoms with E-state index in [1.54, 1.807) is 6.92 Å². The molecule has 2 saturated heterocycles. The summed E-state index contributed by atoms with van der Waals surface area (Å²) in [6, 6.07) is 0. The van der Waals surface area contributed by atoms with Crippen LogP contribution < -0.4 is 0 Å². The Bertz CT molecular complexity index is 1470. The van der Waals surface area contributed by atoms with Crippen molar-refractivity contribution >= 4 is 5.97 Å². The summed E-state index contributed by atoms with van der Waals surface area (Å²) in [7, 11) is 0. The van der Waals surface area contributed by atoms with Crippen molar-refractivity contribution in [2.24, 2.45) is 50.2 Å². The third-order valence-corrected chi connectivity index (χ3v) is 17.3. The average molecular weight is 765 g/mol. The van der Waals surface area contributed by atoms with Gasteiger partial charge in [-0.2, -0.15) is 0 Å². The molecule has 0 amide bonds. The molecule has 6 fully saturated rings. The zero-order valence-electron chi connectivity index (χ0n) is 33.6. The van der Waals surface area contributed by atoms with Crippen LogP contribution in [0.3, 0.4) is 0 Å². The number of aliphatic hydroxyl groups is 6. The molecule has 0 aromatic heterocycles. The normalized spacial score (nSPS) is 55.7. The van der Waals surface area contributed by atoms with Crippen molar-refractivity contribution in [2.75, 3.05) is 6.61 Å². The zero-order chi connectivity index (χ0) is 39.6. The number of carbonyl (C=O) groups is 1. The second kappa shape index (κ2) is 13.7. The molecule has 12 heteroatoms. The largest absolute Gasteiger partial charge is 0.481 e. The summed E-state index contributed by atoms with van der Waals surface area (Å²) in [5.41, 5.74) is -0.270. The Kier molecular flexibility index (Phi) is 10.4. The third-order valence-electron chi connectivity index (χ3n) is 17.3. The minimum atomic E-state index is -1.63. The van der Waals surface area contributed by atoms with E-state index < -0.39 is 84.3 Å². The first-order valence-electron chi connectivity index (χ1n) is 20.7. The van der Waals surface area contributed by atoms with Gasteiger partial charge in [-0.05, 0) is 117 Å². The predicted octanol–water partition coefficient (Wildman–Crippen LogP) is 3.91. The summed E-state index contributed by atoms with van der Waals surface area (Å²) in [6.07, 6.45) is -2.76. The van der Waals surface area contributed by atoms with Crippen LogP contribution >= 0.6 is 0 Å². The molecule has 2 aliphatic heterocycles. The minimum absolute atomic E-state index is 0.0335. The van der Waals surface area contributed by atoms with Gasteiger partial charge in [-0.1, -0.05) is 53.2 Å². The van der Waals surface area contributed by atoms with Crippen LogP contribution in [0.5, 0.6) is 0 Å². The molecule has 5 aliphatic carbocycles. The Labute approximate surface area is 320 Å². The molecule has 7 rings (SSSR count). The van der Waals surface area contributed by atoms with Crippen molar-refractivity contribution in [1.82, 2.24) is 0 Å². The Morgan fingerprint density at radius 3 is 2.04 bits per heavy atom. The van der Waals surface area contributed by atoms with Gasteiger partial charge in [-0.3, -0.25) is 4.79 Å². The average Bonchev–Trinajstić information content (AvgIpc) is 3.11. The molecule has 54 heavy (non-hydrogen) atoms. The number of carboxylic acids is 1. The monoisotopic (exact) mass is 764 g/mol. The maximum Gasteiger partial charge on any atom is 0.310 e. The van der Waals surface area contributed by atoms with Gasteiger partial charge in [0.25, 0.3) is 0 Å². The Balaban J connectivity index is 1.16. The van der Waals surface area contributed by atoms with Gasteiger partial charge in [-0.15, -0.1) is 0 Å². The number of hydrogen-bond donors (Lipinski definition) is 7. The maximum atomic E-state index is 13.1. The standard InChI is InChI=1S/C42H68O12/c1-21-28(44)30(46)32(48)34(51-21)54-33-31(47)29(45)22(2)52-35(33)53-27-12-13-38(5)25(39(27,6)20-43)11-14-41(8)26(38)10-9-23-24-19-37(3,4)15-17-42(24,36(49)50)18-16-40(23,41)7/h9,21-22,24-35,43-48H,10-20H2,1-8H3,(H,49,50)/t21?,22?,24?,25?,26?,27?,28?,29?,30?,31?,32?,33?,34?,35?,38-,39-,40+,41+,42-/m0/s1. The fourth-order valence-corrected chi connectivity index (χ4v) is 13.6. The van der Waals surface area contributed by atoms with E-state index in [1.165, 1.54) is 12.5 Å². The highest BCUT2D eigenvalue weighted by Gasteiger charge is 2.70. The lowest BCUT2D eigenvalue weighted by molar-refractivity contribution is -0.374. The first-order valence-corrected chi connectivity index (χ1v) is 20.7. The lowest BCUT2D eigenvalue weighted by Crippen LogP contribution is -2.67. The van der Waals surface area contributed by atoms with Gasteiger partial charge in [0.2, 0.25) is 0 Å². The lowest BCUT2D eigenvalue weighted by atomic mass is 9.33. The molecule has 0 radical (unpaired) electrons. The number of allylic oxidation sites excluding steroid dienone is 2. The van der Waals surface area contributed by atoms with Crippen molar-refractivity contribution < 1.29 is 59.5 Å². The summed E-state index contributed by atoms with van der Waals surface area (Å²) < 4.78 is 24.7. The summed E-state index contributed by atoms with van der Waals surface area (Å²) in [5, 5.41) is 75.5. The van der Waals surface area contributed by atoms with E-state index in [2.05, 4.69) is 47.6 Å². The van der Waals surface area contributed by atoms with Crippen LogP contribution in [0.2, 0.25) is 0 Å². The summed E-state index contributed by atoms with van der Waals surface area (Å²) in [5.74, 6) is -0.208. The molecule has 19 atom stereocenters. The molecule has 0 spiro atoms. The van der Waals surface area contributed by atoms with Crippen LogP contribution in [-0.2, 0) is 23.7 Å². The predicted molar refractivity (Wildman–Crippen MR) is 197 cm³/mol. The summed E-state index contributed by atoms with van der Waals surface area (Å²) in [6.45, 7) is 17.0. The van der Waals surface area contributed by atoms with Crippen molar-refractivity contribution in [3.63, 3.8) is 0 Å². The lowest BCUT2D eigenvalue weighted by Gasteiger charge is -2.71. The molecule has 0 bridgehead atoms. The van der Waals surface area contributed by atoms with Crippen molar-refractivity contribution in [3.8, 4) is 0 Å². The van der Waals surface area contributed by atoms with Gasteiger partial charge < -0.3 is 54.7 Å². The molecular weight excluding hydrogens is 696 g/mol. The number of ether oxygens (including phenoxy) is 4. The quantitative estimate of drug-likeness (QED) is 0.153.